The van der Waals surface area contributed by atoms with Gasteiger partial charge in [0.05, 0.1) is 11.7 Å². The summed E-state index contributed by atoms with van der Waals surface area (Å²) in [5, 5.41) is 10.4. The van der Waals surface area contributed by atoms with Gasteiger partial charge in [0.15, 0.2) is 0 Å². The summed E-state index contributed by atoms with van der Waals surface area (Å²) in [5.41, 5.74) is 0.308. The average molecular weight is 264 g/mol. The molecular weight excluding hydrogens is 246 g/mol. The largest absolute Gasteiger partial charge is 0.388 e. The van der Waals surface area contributed by atoms with Crippen LogP contribution < -0.4 is 0 Å². The molecule has 19 heavy (non-hydrogen) atoms. The van der Waals surface area contributed by atoms with E-state index in [1.807, 2.05) is 0 Å². The zero-order valence-electron chi connectivity index (χ0n) is 10.9. The van der Waals surface area contributed by atoms with E-state index in [1.165, 1.54) is 31.4 Å². The first-order chi connectivity index (χ1) is 9.09. The lowest BCUT2D eigenvalue weighted by Gasteiger charge is -2.17. The van der Waals surface area contributed by atoms with E-state index >= 15 is 0 Å². The highest BCUT2D eigenvalue weighted by atomic mass is 19.1. The number of benzene rings is 1. The Kier molecular flexibility index (Phi) is 2.36. The molecule has 1 aromatic carbocycles. The van der Waals surface area contributed by atoms with Crippen molar-refractivity contribution in [2.45, 2.75) is 32.3 Å². The van der Waals surface area contributed by atoms with Crippen LogP contribution in [0.25, 0.3) is 0 Å². The van der Waals surface area contributed by atoms with Crippen molar-refractivity contribution >= 4 is 0 Å². The van der Waals surface area contributed by atoms with Crippen molar-refractivity contribution in [1.82, 2.24) is 0 Å². The van der Waals surface area contributed by atoms with Crippen LogP contribution in [0.2, 0.25) is 0 Å². The van der Waals surface area contributed by atoms with Gasteiger partial charge in [-0.2, -0.15) is 0 Å². The molecule has 4 rings (SSSR count). The van der Waals surface area contributed by atoms with Gasteiger partial charge in [0.2, 0.25) is 0 Å². The van der Waals surface area contributed by atoms with Gasteiger partial charge in [0, 0.05) is 0 Å². The smallest absolute Gasteiger partial charge is 0.134 e. The molecule has 1 nitrogen and oxygen atoms in total. The predicted octanol–water partition coefficient (Wildman–Crippen LogP) is 3.60. The molecule has 102 valence electrons. The van der Waals surface area contributed by atoms with Gasteiger partial charge in [0.1, 0.15) is 11.6 Å². The van der Waals surface area contributed by atoms with Crippen molar-refractivity contribution in [3.05, 3.63) is 34.9 Å². The molecule has 1 aromatic rings. The Hall–Kier alpha value is -0.960. The van der Waals surface area contributed by atoms with Crippen LogP contribution in [0.15, 0.2) is 12.1 Å². The third kappa shape index (κ3) is 1.48. The van der Waals surface area contributed by atoms with Crippen molar-refractivity contribution in [1.29, 1.82) is 0 Å². The van der Waals surface area contributed by atoms with E-state index in [9.17, 15) is 13.9 Å². The maximum Gasteiger partial charge on any atom is 0.134 e. The van der Waals surface area contributed by atoms with Crippen molar-refractivity contribution in [2.24, 2.45) is 29.6 Å². The van der Waals surface area contributed by atoms with Crippen molar-refractivity contribution in [3.63, 3.8) is 0 Å². The lowest BCUT2D eigenvalue weighted by Crippen LogP contribution is -2.12. The van der Waals surface area contributed by atoms with Gasteiger partial charge in [-0.05, 0) is 67.4 Å². The number of aliphatic hydroxyl groups excluding tert-OH is 1. The highest BCUT2D eigenvalue weighted by Crippen LogP contribution is 2.72. The van der Waals surface area contributed by atoms with E-state index in [0.717, 1.165) is 0 Å². The summed E-state index contributed by atoms with van der Waals surface area (Å²) in [6, 6.07) is 2.70. The summed E-state index contributed by atoms with van der Waals surface area (Å²) in [7, 11) is 0. The highest BCUT2D eigenvalue weighted by molar-refractivity contribution is 5.31. The maximum absolute atomic E-state index is 14.1. The first-order valence-electron chi connectivity index (χ1n) is 7.22. The van der Waals surface area contributed by atoms with Crippen LogP contribution in [0.4, 0.5) is 8.78 Å². The second-order valence-electron chi connectivity index (χ2n) is 6.60. The molecule has 0 spiro atoms. The van der Waals surface area contributed by atoms with Gasteiger partial charge in [-0.25, -0.2) is 8.78 Å². The SMILES string of the molecule is Cc1ccc(F)c(C(O)C2C3C4CCC(C4)C32)c1F. The van der Waals surface area contributed by atoms with Crippen LogP contribution in [0, 0.1) is 48.1 Å². The molecular formula is C16H18F2O. The minimum atomic E-state index is -0.960. The predicted molar refractivity (Wildman–Crippen MR) is 67.4 cm³/mol. The number of rotatable bonds is 2. The van der Waals surface area contributed by atoms with E-state index in [0.29, 0.717) is 29.2 Å². The fourth-order valence-corrected chi connectivity index (χ4v) is 4.96. The highest BCUT2D eigenvalue weighted by Gasteiger charge is 2.67. The molecule has 0 aromatic heterocycles. The number of hydrogen-bond donors (Lipinski definition) is 1. The Morgan fingerprint density at radius 1 is 1.16 bits per heavy atom. The summed E-state index contributed by atoms with van der Waals surface area (Å²) < 4.78 is 27.9. The van der Waals surface area contributed by atoms with Crippen molar-refractivity contribution in [2.75, 3.05) is 0 Å². The molecule has 3 fully saturated rings. The zero-order chi connectivity index (χ0) is 13.3. The molecule has 5 unspecified atom stereocenters. The molecule has 0 saturated heterocycles. The molecule has 3 saturated carbocycles. The second kappa shape index (κ2) is 3.78. The third-order valence-corrected chi connectivity index (χ3v) is 5.77. The average Bonchev–Trinajstić information content (AvgIpc) is 2.83. The van der Waals surface area contributed by atoms with Gasteiger partial charge >= 0.3 is 0 Å². The number of halogens is 2. The Morgan fingerprint density at radius 3 is 2.42 bits per heavy atom. The van der Waals surface area contributed by atoms with Gasteiger partial charge in [-0.15, -0.1) is 0 Å². The zero-order valence-corrected chi connectivity index (χ0v) is 10.9. The summed E-state index contributed by atoms with van der Waals surface area (Å²) in [6.45, 7) is 1.61. The molecule has 1 N–H and O–H groups in total. The van der Waals surface area contributed by atoms with E-state index in [-0.39, 0.29) is 11.5 Å². The standard InChI is InChI=1S/C16H18F2O/c1-7-2-5-10(17)13(15(7)18)16(19)14-11-8-3-4-9(6-8)12(11)14/h2,5,8-9,11-12,14,16,19H,3-4,6H2,1H3. The molecule has 3 aliphatic rings. The third-order valence-electron chi connectivity index (χ3n) is 5.77. The molecule has 0 heterocycles. The molecule has 0 radical (unpaired) electrons. The van der Waals surface area contributed by atoms with E-state index in [1.54, 1.807) is 6.92 Å². The monoisotopic (exact) mass is 264 g/mol. The Morgan fingerprint density at radius 2 is 1.79 bits per heavy atom. The Labute approximate surface area is 111 Å². The van der Waals surface area contributed by atoms with Gasteiger partial charge in [-0.3, -0.25) is 0 Å². The summed E-state index contributed by atoms with van der Waals surface area (Å²) >= 11 is 0. The van der Waals surface area contributed by atoms with Crippen molar-refractivity contribution in [3.8, 4) is 0 Å². The molecule has 2 bridgehead atoms. The Bertz CT molecular complexity index is 526. The Balaban J connectivity index is 1.66. The lowest BCUT2D eigenvalue weighted by atomic mass is 9.93. The van der Waals surface area contributed by atoms with Gasteiger partial charge in [-0.1, -0.05) is 6.07 Å². The lowest BCUT2D eigenvalue weighted by molar-refractivity contribution is 0.121. The van der Waals surface area contributed by atoms with E-state index in [4.69, 9.17) is 0 Å². The first kappa shape index (κ1) is 11.8. The molecule has 0 amide bonds. The minimum absolute atomic E-state index is 0.0945. The fraction of sp³-hybridized carbons (Fsp3) is 0.625. The normalized spacial score (nSPS) is 40.3. The van der Waals surface area contributed by atoms with Crippen molar-refractivity contribution < 1.29 is 13.9 Å². The van der Waals surface area contributed by atoms with E-state index in [2.05, 4.69) is 0 Å². The number of hydrogen-bond acceptors (Lipinski definition) is 1. The van der Waals surface area contributed by atoms with E-state index < -0.39 is 17.7 Å². The van der Waals surface area contributed by atoms with Crippen LogP contribution >= 0.6 is 0 Å². The maximum atomic E-state index is 14.1. The molecule has 5 atom stereocenters. The number of fused-ring (bicyclic) bond motifs is 5. The summed E-state index contributed by atoms with van der Waals surface area (Å²) in [4.78, 5) is 0. The van der Waals surface area contributed by atoms with Crippen LogP contribution in [0.1, 0.15) is 36.5 Å². The summed E-state index contributed by atoms with van der Waals surface area (Å²) in [5.74, 6) is 1.37. The number of aliphatic hydroxyl groups is 1. The van der Waals surface area contributed by atoms with Crippen LogP contribution in [-0.2, 0) is 0 Å². The topological polar surface area (TPSA) is 20.2 Å². The van der Waals surface area contributed by atoms with Crippen LogP contribution in [0.5, 0.6) is 0 Å². The van der Waals surface area contributed by atoms with Gasteiger partial charge in [0.25, 0.3) is 0 Å². The minimum Gasteiger partial charge on any atom is -0.388 e. The summed E-state index contributed by atoms with van der Waals surface area (Å²) in [6.07, 6.45) is 2.80. The first-order valence-corrected chi connectivity index (χ1v) is 7.22. The molecule has 3 aliphatic carbocycles. The van der Waals surface area contributed by atoms with Gasteiger partial charge < -0.3 is 5.11 Å². The quantitative estimate of drug-likeness (QED) is 0.865. The second-order valence-corrected chi connectivity index (χ2v) is 6.60. The van der Waals surface area contributed by atoms with Crippen LogP contribution in [-0.4, -0.2) is 5.11 Å². The molecule has 3 heteroatoms. The number of aryl methyl sites for hydroxylation is 1. The fourth-order valence-electron chi connectivity index (χ4n) is 4.96. The van der Waals surface area contributed by atoms with Crippen LogP contribution in [0.3, 0.4) is 0 Å². The molecule has 0 aliphatic heterocycles.